The van der Waals surface area contributed by atoms with Crippen LogP contribution >= 0.6 is 12.4 Å². The van der Waals surface area contributed by atoms with Crippen LogP contribution in [0.4, 0.5) is 0 Å². The second kappa shape index (κ2) is 8.99. The van der Waals surface area contributed by atoms with E-state index in [1.54, 1.807) is 12.5 Å². The van der Waals surface area contributed by atoms with Crippen molar-refractivity contribution in [3.05, 3.63) is 66.7 Å². The number of aromatic nitrogens is 2. The molecule has 0 N–H and O–H groups in total. The summed E-state index contributed by atoms with van der Waals surface area (Å²) in [5.74, 6) is -0.318. The zero-order valence-corrected chi connectivity index (χ0v) is 14.8. The van der Waals surface area contributed by atoms with Crippen LogP contribution in [0.15, 0.2) is 66.3 Å². The lowest BCUT2D eigenvalue weighted by Crippen LogP contribution is -2.12. The number of imidazole rings is 1. The fourth-order valence-electron chi connectivity index (χ4n) is 2.45. The Bertz CT molecular complexity index is 860. The molecule has 3 rings (SSSR count). The molecule has 130 valence electrons. The summed E-state index contributed by atoms with van der Waals surface area (Å²) in [6.45, 7) is 2.42. The lowest BCUT2D eigenvalue weighted by Gasteiger charge is -2.08. The van der Waals surface area contributed by atoms with Gasteiger partial charge in [0.05, 0.1) is 12.9 Å². The van der Waals surface area contributed by atoms with E-state index in [4.69, 9.17) is 4.84 Å². The van der Waals surface area contributed by atoms with Crippen molar-refractivity contribution < 1.29 is 9.63 Å². The highest BCUT2D eigenvalue weighted by molar-refractivity contribution is 6.03. The van der Waals surface area contributed by atoms with Gasteiger partial charge in [0.15, 0.2) is 0 Å². The van der Waals surface area contributed by atoms with E-state index >= 15 is 0 Å². The third kappa shape index (κ3) is 4.90. The van der Waals surface area contributed by atoms with E-state index < -0.39 is 0 Å². The number of halogens is 1. The maximum atomic E-state index is 11.6. The van der Waals surface area contributed by atoms with Gasteiger partial charge in [-0.2, -0.15) is 0 Å². The molecule has 0 aliphatic rings. The Labute approximate surface area is 152 Å². The number of benzene rings is 2. The van der Waals surface area contributed by atoms with Gasteiger partial charge >= 0.3 is 5.97 Å². The molecule has 25 heavy (non-hydrogen) atoms. The molecule has 6 heteroatoms. The normalized spacial score (nSPS) is 11.2. The van der Waals surface area contributed by atoms with E-state index in [-0.39, 0.29) is 18.4 Å². The van der Waals surface area contributed by atoms with Crippen LogP contribution in [-0.4, -0.2) is 21.2 Å². The minimum Gasteiger partial charge on any atom is -0.331 e. The molecule has 0 bridgehead atoms. The molecular weight excluding hydrogens is 338 g/mol. The van der Waals surface area contributed by atoms with Gasteiger partial charge in [-0.15, -0.1) is 12.4 Å². The predicted molar refractivity (Wildman–Crippen MR) is 101 cm³/mol. The van der Waals surface area contributed by atoms with Crippen molar-refractivity contribution >= 4 is 34.9 Å². The molecule has 0 fully saturated rings. The number of fused-ring (bicyclic) bond motifs is 1. The molecule has 0 amide bonds. The summed E-state index contributed by atoms with van der Waals surface area (Å²) in [6.07, 6.45) is 6.37. The van der Waals surface area contributed by atoms with Gasteiger partial charge < -0.3 is 9.40 Å². The lowest BCUT2D eigenvalue weighted by molar-refractivity contribution is -0.143. The number of oxime groups is 1. The summed E-state index contributed by atoms with van der Waals surface area (Å²) in [6, 6.07) is 14.2. The van der Waals surface area contributed by atoms with Gasteiger partial charge in [-0.05, 0) is 23.3 Å². The lowest BCUT2D eigenvalue weighted by atomic mass is 10.0. The maximum absolute atomic E-state index is 11.6. The number of hydrogen-bond donors (Lipinski definition) is 0. The predicted octanol–water partition coefficient (Wildman–Crippen LogP) is 4.21. The van der Waals surface area contributed by atoms with Crippen molar-refractivity contribution in [1.82, 2.24) is 9.55 Å². The monoisotopic (exact) mass is 357 g/mol. The van der Waals surface area contributed by atoms with Crippen LogP contribution in [0.1, 0.15) is 25.3 Å². The smallest absolute Gasteiger partial charge is 0.331 e. The van der Waals surface area contributed by atoms with Crippen LogP contribution < -0.4 is 0 Å². The van der Waals surface area contributed by atoms with Crippen molar-refractivity contribution in [3.63, 3.8) is 0 Å². The number of carbonyl (C=O) groups is 1. The summed E-state index contributed by atoms with van der Waals surface area (Å²) in [5, 5.41) is 6.39. The Kier molecular flexibility index (Phi) is 6.71. The van der Waals surface area contributed by atoms with Crippen molar-refractivity contribution in [1.29, 1.82) is 0 Å². The minimum atomic E-state index is -0.318. The molecule has 0 aliphatic carbocycles. The maximum Gasteiger partial charge on any atom is 0.335 e. The second-order valence-electron chi connectivity index (χ2n) is 5.55. The van der Waals surface area contributed by atoms with E-state index in [0.717, 1.165) is 22.8 Å². The van der Waals surface area contributed by atoms with Gasteiger partial charge in [0.25, 0.3) is 0 Å². The first-order valence-corrected chi connectivity index (χ1v) is 7.98. The van der Waals surface area contributed by atoms with Crippen LogP contribution in [0.3, 0.4) is 0 Å². The summed E-state index contributed by atoms with van der Waals surface area (Å²) in [5.41, 5.74) is 1.61. The summed E-state index contributed by atoms with van der Waals surface area (Å²) in [7, 11) is 0. The highest BCUT2D eigenvalue weighted by Gasteiger charge is 2.09. The standard InChI is InChI=1S/C19H19N3O2.ClH/c1-2-5-19(23)24-21-18(13-22-11-10-20-14-22)17-9-8-15-6-3-4-7-16(15)12-17;/h3-4,6-12,14H,2,5,13H2,1H3;1H/b21-18+;. The Morgan fingerprint density at radius 3 is 2.72 bits per heavy atom. The molecule has 1 heterocycles. The highest BCUT2D eigenvalue weighted by Crippen LogP contribution is 2.17. The SMILES string of the molecule is CCCC(=O)O/N=C(\Cn1ccnc1)c1ccc2ccccc2c1.Cl. The number of carbonyl (C=O) groups excluding carboxylic acids is 1. The zero-order chi connectivity index (χ0) is 16.8. The Balaban J connectivity index is 0.00000225. The average molecular weight is 358 g/mol. The molecule has 0 saturated carbocycles. The molecule has 3 aromatic rings. The first-order chi connectivity index (χ1) is 11.8. The summed E-state index contributed by atoms with van der Waals surface area (Å²) in [4.78, 5) is 20.8. The topological polar surface area (TPSA) is 56.5 Å². The average Bonchev–Trinajstić information content (AvgIpc) is 3.11. The Hall–Kier alpha value is -2.66. The van der Waals surface area contributed by atoms with Gasteiger partial charge in [-0.1, -0.05) is 48.5 Å². The van der Waals surface area contributed by atoms with Crippen LogP contribution in [-0.2, 0) is 16.2 Å². The minimum absolute atomic E-state index is 0. The summed E-state index contributed by atoms with van der Waals surface area (Å²) >= 11 is 0. The van der Waals surface area contributed by atoms with E-state index in [1.807, 2.05) is 42.0 Å². The molecule has 0 saturated heterocycles. The Morgan fingerprint density at radius 2 is 2.00 bits per heavy atom. The van der Waals surface area contributed by atoms with Crippen molar-refractivity contribution in [2.24, 2.45) is 5.16 Å². The van der Waals surface area contributed by atoms with Gasteiger partial charge in [-0.3, -0.25) is 0 Å². The number of nitrogens with zero attached hydrogens (tertiary/aromatic N) is 3. The molecule has 0 aliphatic heterocycles. The molecular formula is C19H20ClN3O2. The molecule has 1 aromatic heterocycles. The first-order valence-electron chi connectivity index (χ1n) is 7.98. The van der Waals surface area contributed by atoms with Crippen molar-refractivity contribution in [2.75, 3.05) is 0 Å². The van der Waals surface area contributed by atoms with Gasteiger partial charge in [0.1, 0.15) is 5.71 Å². The quantitative estimate of drug-likeness (QED) is 0.377. The molecule has 0 spiro atoms. The zero-order valence-electron chi connectivity index (χ0n) is 14.0. The van der Waals surface area contributed by atoms with Gasteiger partial charge in [-0.25, -0.2) is 9.78 Å². The molecule has 5 nitrogen and oxygen atoms in total. The summed E-state index contributed by atoms with van der Waals surface area (Å²) < 4.78 is 1.89. The Morgan fingerprint density at radius 1 is 1.20 bits per heavy atom. The fourth-order valence-corrected chi connectivity index (χ4v) is 2.45. The molecule has 0 atom stereocenters. The second-order valence-corrected chi connectivity index (χ2v) is 5.55. The van der Waals surface area contributed by atoms with Gasteiger partial charge in [0.2, 0.25) is 0 Å². The number of hydrogen-bond acceptors (Lipinski definition) is 4. The third-order valence-corrected chi connectivity index (χ3v) is 3.69. The van der Waals surface area contributed by atoms with E-state index in [2.05, 4.69) is 28.3 Å². The van der Waals surface area contributed by atoms with Crippen LogP contribution in [0.5, 0.6) is 0 Å². The molecule has 0 unspecified atom stereocenters. The van der Waals surface area contributed by atoms with E-state index in [0.29, 0.717) is 18.7 Å². The van der Waals surface area contributed by atoms with E-state index in [9.17, 15) is 4.79 Å². The first kappa shape index (κ1) is 18.7. The third-order valence-electron chi connectivity index (χ3n) is 3.69. The van der Waals surface area contributed by atoms with Crippen molar-refractivity contribution in [2.45, 2.75) is 26.3 Å². The van der Waals surface area contributed by atoms with Crippen LogP contribution in [0.25, 0.3) is 10.8 Å². The van der Waals surface area contributed by atoms with Crippen LogP contribution in [0.2, 0.25) is 0 Å². The van der Waals surface area contributed by atoms with E-state index in [1.165, 1.54) is 0 Å². The highest BCUT2D eigenvalue weighted by atomic mass is 35.5. The largest absolute Gasteiger partial charge is 0.335 e. The number of rotatable bonds is 6. The van der Waals surface area contributed by atoms with Crippen LogP contribution in [0, 0.1) is 0 Å². The van der Waals surface area contributed by atoms with Gasteiger partial charge in [0, 0.05) is 24.4 Å². The van der Waals surface area contributed by atoms with Crippen molar-refractivity contribution in [3.8, 4) is 0 Å². The fraction of sp³-hybridized carbons (Fsp3) is 0.211. The molecule has 2 aromatic carbocycles. The molecule has 0 radical (unpaired) electrons.